The molecule has 2 N–H and O–H groups in total. The number of hydrogen-bond donors (Lipinski definition) is 1. The van der Waals surface area contributed by atoms with Gasteiger partial charge in [-0.3, -0.25) is 0 Å². The van der Waals surface area contributed by atoms with Crippen molar-refractivity contribution in [2.24, 2.45) is 5.73 Å². The molecular weight excluding hydrogens is 221 g/mol. The van der Waals surface area contributed by atoms with Crippen LogP contribution in [0.1, 0.15) is 5.56 Å². The van der Waals surface area contributed by atoms with Crippen LogP contribution in [0, 0.1) is 0 Å². The van der Waals surface area contributed by atoms with Crippen LogP contribution in [-0.4, -0.2) is 6.54 Å². The molecule has 0 radical (unpaired) electrons. The first-order chi connectivity index (χ1) is 6.72. The van der Waals surface area contributed by atoms with Crippen molar-refractivity contribution >= 4 is 34.2 Å². The lowest BCUT2D eigenvalue weighted by Gasteiger charge is -1.97. The normalized spacial score (nSPS) is 11.1. The summed E-state index contributed by atoms with van der Waals surface area (Å²) in [5, 5.41) is 2.11. The zero-order valence-corrected chi connectivity index (χ0v) is 8.90. The molecule has 0 saturated heterocycles. The van der Waals surface area contributed by atoms with E-state index in [1.807, 2.05) is 0 Å². The summed E-state index contributed by atoms with van der Waals surface area (Å²) >= 11 is 11.9. The average molecular weight is 230 g/mol. The third-order valence-electron chi connectivity index (χ3n) is 2.08. The molecule has 0 spiro atoms. The van der Waals surface area contributed by atoms with Crippen molar-refractivity contribution < 1.29 is 4.42 Å². The molecule has 2 nitrogen and oxygen atoms in total. The monoisotopic (exact) mass is 229 g/mol. The molecule has 0 saturated carbocycles. The zero-order valence-electron chi connectivity index (χ0n) is 7.39. The maximum absolute atomic E-state index is 6.06. The second kappa shape index (κ2) is 3.81. The van der Waals surface area contributed by atoms with E-state index in [9.17, 15) is 0 Å². The zero-order chi connectivity index (χ0) is 10.1. The van der Waals surface area contributed by atoms with Crippen molar-refractivity contribution in [1.29, 1.82) is 0 Å². The van der Waals surface area contributed by atoms with Gasteiger partial charge in [0.1, 0.15) is 5.58 Å². The van der Waals surface area contributed by atoms with Crippen LogP contribution in [-0.2, 0) is 6.42 Å². The van der Waals surface area contributed by atoms with Crippen LogP contribution < -0.4 is 5.73 Å². The highest BCUT2D eigenvalue weighted by atomic mass is 35.5. The van der Waals surface area contributed by atoms with Gasteiger partial charge in [-0.15, -0.1) is 0 Å². The van der Waals surface area contributed by atoms with Gasteiger partial charge in [0.25, 0.3) is 0 Å². The first-order valence-electron chi connectivity index (χ1n) is 4.27. The first-order valence-corrected chi connectivity index (χ1v) is 5.03. The van der Waals surface area contributed by atoms with Crippen LogP contribution >= 0.6 is 23.2 Å². The quantitative estimate of drug-likeness (QED) is 0.859. The maximum atomic E-state index is 6.06. The largest absolute Gasteiger partial charge is 0.464 e. The van der Waals surface area contributed by atoms with Gasteiger partial charge in [-0.2, -0.15) is 0 Å². The molecule has 0 unspecified atom stereocenters. The standard InChI is InChI=1S/C10H9Cl2NO/c11-7-3-8(12)10-6(1-2-13)5-14-9(10)4-7/h3-5H,1-2,13H2. The van der Waals surface area contributed by atoms with Gasteiger partial charge >= 0.3 is 0 Å². The second-order valence-corrected chi connectivity index (χ2v) is 3.90. The summed E-state index contributed by atoms with van der Waals surface area (Å²) in [5.41, 5.74) is 7.23. The Bertz CT molecular complexity index is 464. The van der Waals surface area contributed by atoms with Crippen molar-refractivity contribution in [1.82, 2.24) is 0 Å². The molecule has 0 fully saturated rings. The Hall–Kier alpha value is -0.700. The van der Waals surface area contributed by atoms with E-state index in [0.717, 1.165) is 17.4 Å². The predicted octanol–water partition coefficient (Wildman–Crippen LogP) is 3.24. The topological polar surface area (TPSA) is 39.2 Å². The van der Waals surface area contributed by atoms with Gasteiger partial charge in [0, 0.05) is 22.0 Å². The Balaban J connectivity index is 2.66. The fourth-order valence-electron chi connectivity index (χ4n) is 1.49. The summed E-state index contributed by atoms with van der Waals surface area (Å²) in [6.07, 6.45) is 2.44. The summed E-state index contributed by atoms with van der Waals surface area (Å²) in [7, 11) is 0. The minimum absolute atomic E-state index is 0.577. The van der Waals surface area contributed by atoms with Crippen LogP contribution in [0.15, 0.2) is 22.8 Å². The summed E-state index contributed by atoms with van der Waals surface area (Å²) in [6.45, 7) is 0.577. The van der Waals surface area contributed by atoms with Crippen molar-refractivity contribution in [3.63, 3.8) is 0 Å². The summed E-state index contributed by atoms with van der Waals surface area (Å²) in [6, 6.07) is 3.46. The Labute approximate surface area is 91.6 Å². The number of benzene rings is 1. The SMILES string of the molecule is NCCc1coc2cc(Cl)cc(Cl)c12. The second-order valence-electron chi connectivity index (χ2n) is 3.06. The molecule has 0 amide bonds. The summed E-state index contributed by atoms with van der Waals surface area (Å²) in [4.78, 5) is 0. The number of nitrogens with two attached hydrogens (primary N) is 1. The van der Waals surface area contributed by atoms with Gasteiger partial charge in [-0.1, -0.05) is 23.2 Å². The lowest BCUT2D eigenvalue weighted by molar-refractivity contribution is 0.610. The fraction of sp³-hybridized carbons (Fsp3) is 0.200. The van der Waals surface area contributed by atoms with Gasteiger partial charge in [0.05, 0.1) is 11.3 Å². The van der Waals surface area contributed by atoms with E-state index in [4.69, 9.17) is 33.4 Å². The van der Waals surface area contributed by atoms with E-state index in [2.05, 4.69) is 0 Å². The lowest BCUT2D eigenvalue weighted by atomic mass is 10.1. The smallest absolute Gasteiger partial charge is 0.137 e. The molecule has 0 aliphatic rings. The molecule has 74 valence electrons. The molecule has 1 aromatic heterocycles. The minimum Gasteiger partial charge on any atom is -0.464 e. The van der Waals surface area contributed by atoms with E-state index in [1.165, 1.54) is 0 Å². The number of rotatable bonds is 2. The molecule has 2 aromatic rings. The van der Waals surface area contributed by atoms with E-state index in [0.29, 0.717) is 22.2 Å². The van der Waals surface area contributed by atoms with Crippen LogP contribution in [0.25, 0.3) is 11.0 Å². The van der Waals surface area contributed by atoms with Crippen molar-refractivity contribution in [2.45, 2.75) is 6.42 Å². The molecule has 0 atom stereocenters. The molecule has 1 aromatic carbocycles. The Morgan fingerprint density at radius 1 is 1.29 bits per heavy atom. The Morgan fingerprint density at radius 2 is 2.07 bits per heavy atom. The predicted molar refractivity (Wildman–Crippen MR) is 59.0 cm³/mol. The van der Waals surface area contributed by atoms with E-state index >= 15 is 0 Å². The van der Waals surface area contributed by atoms with E-state index < -0.39 is 0 Å². The van der Waals surface area contributed by atoms with E-state index in [1.54, 1.807) is 18.4 Å². The number of halogens is 2. The molecule has 14 heavy (non-hydrogen) atoms. The number of furan rings is 1. The highest BCUT2D eigenvalue weighted by Gasteiger charge is 2.09. The van der Waals surface area contributed by atoms with Crippen LogP contribution in [0.4, 0.5) is 0 Å². The van der Waals surface area contributed by atoms with Gasteiger partial charge in [-0.05, 0) is 19.0 Å². The molecule has 0 bridgehead atoms. The molecule has 0 aliphatic carbocycles. The molecule has 2 rings (SSSR count). The highest BCUT2D eigenvalue weighted by Crippen LogP contribution is 2.31. The van der Waals surface area contributed by atoms with Crippen LogP contribution in [0.3, 0.4) is 0 Å². The average Bonchev–Trinajstić information content (AvgIpc) is 2.49. The Kier molecular flexibility index (Phi) is 2.68. The first kappa shape index (κ1) is 9.84. The number of hydrogen-bond acceptors (Lipinski definition) is 2. The fourth-order valence-corrected chi connectivity index (χ4v) is 2.08. The molecule has 0 aliphatic heterocycles. The van der Waals surface area contributed by atoms with Gasteiger partial charge in [0.15, 0.2) is 0 Å². The highest BCUT2D eigenvalue weighted by molar-refractivity contribution is 6.38. The van der Waals surface area contributed by atoms with Gasteiger partial charge < -0.3 is 10.2 Å². The molecule has 4 heteroatoms. The summed E-state index contributed by atoms with van der Waals surface area (Å²) in [5.74, 6) is 0. The summed E-state index contributed by atoms with van der Waals surface area (Å²) < 4.78 is 5.34. The maximum Gasteiger partial charge on any atom is 0.137 e. The molecular formula is C10H9Cl2NO. The van der Waals surface area contributed by atoms with Crippen molar-refractivity contribution in [3.8, 4) is 0 Å². The number of fused-ring (bicyclic) bond motifs is 1. The van der Waals surface area contributed by atoms with Gasteiger partial charge in [-0.25, -0.2) is 0 Å². The van der Waals surface area contributed by atoms with Gasteiger partial charge in [0.2, 0.25) is 0 Å². The third kappa shape index (κ3) is 1.61. The van der Waals surface area contributed by atoms with Crippen molar-refractivity contribution in [3.05, 3.63) is 34.0 Å². The van der Waals surface area contributed by atoms with Crippen molar-refractivity contribution in [2.75, 3.05) is 6.54 Å². The third-order valence-corrected chi connectivity index (χ3v) is 2.60. The Morgan fingerprint density at radius 3 is 2.79 bits per heavy atom. The lowest BCUT2D eigenvalue weighted by Crippen LogP contribution is -2.01. The van der Waals surface area contributed by atoms with Crippen LogP contribution in [0.2, 0.25) is 10.0 Å². The van der Waals surface area contributed by atoms with Crippen LogP contribution in [0.5, 0.6) is 0 Å². The molecule has 1 heterocycles. The minimum atomic E-state index is 0.577. The van der Waals surface area contributed by atoms with E-state index in [-0.39, 0.29) is 0 Å².